The van der Waals surface area contributed by atoms with Gasteiger partial charge < -0.3 is 5.32 Å². The van der Waals surface area contributed by atoms with Gasteiger partial charge in [-0.05, 0) is 38.0 Å². The molecule has 0 aromatic rings. The van der Waals surface area contributed by atoms with Gasteiger partial charge in [0, 0.05) is 25.2 Å². The zero-order valence-corrected chi connectivity index (χ0v) is 10.4. The Labute approximate surface area is 99.8 Å². The van der Waals surface area contributed by atoms with Crippen molar-refractivity contribution in [1.29, 1.82) is 0 Å². The van der Waals surface area contributed by atoms with Crippen molar-refractivity contribution in [2.45, 2.75) is 51.1 Å². The highest BCUT2D eigenvalue weighted by molar-refractivity contribution is 4.91. The fraction of sp³-hybridized carbons (Fsp3) is 0.857. The summed E-state index contributed by atoms with van der Waals surface area (Å²) < 4.78 is 0. The monoisotopic (exact) mass is 220 g/mol. The molecule has 16 heavy (non-hydrogen) atoms. The first kappa shape index (κ1) is 12.0. The first-order chi connectivity index (χ1) is 7.78. The van der Waals surface area contributed by atoms with Crippen LogP contribution in [0.2, 0.25) is 0 Å². The SMILES string of the molecule is C#CCN1CCC(NC2CCC(C)C2)CC1. The summed E-state index contributed by atoms with van der Waals surface area (Å²) in [5.41, 5.74) is 0. The molecule has 2 rings (SSSR count). The van der Waals surface area contributed by atoms with E-state index in [9.17, 15) is 0 Å². The minimum Gasteiger partial charge on any atom is -0.311 e. The molecule has 0 aromatic heterocycles. The Hall–Kier alpha value is -0.520. The van der Waals surface area contributed by atoms with Crippen LogP contribution in [-0.4, -0.2) is 36.6 Å². The molecule has 0 radical (unpaired) electrons. The van der Waals surface area contributed by atoms with E-state index in [-0.39, 0.29) is 0 Å². The molecular formula is C14H24N2. The third kappa shape index (κ3) is 3.23. The maximum atomic E-state index is 5.33. The molecule has 1 aliphatic heterocycles. The Kier molecular flexibility index (Phi) is 4.26. The van der Waals surface area contributed by atoms with Gasteiger partial charge in [-0.2, -0.15) is 0 Å². The van der Waals surface area contributed by atoms with E-state index in [2.05, 4.69) is 23.1 Å². The van der Waals surface area contributed by atoms with Gasteiger partial charge in [0.1, 0.15) is 0 Å². The van der Waals surface area contributed by atoms with Crippen molar-refractivity contribution in [3.8, 4) is 12.3 Å². The fourth-order valence-electron chi connectivity index (χ4n) is 3.08. The molecule has 2 atom stereocenters. The van der Waals surface area contributed by atoms with Crippen molar-refractivity contribution in [1.82, 2.24) is 10.2 Å². The summed E-state index contributed by atoms with van der Waals surface area (Å²) in [6.07, 6.45) is 12.0. The van der Waals surface area contributed by atoms with Crippen LogP contribution in [0.4, 0.5) is 0 Å². The number of nitrogens with zero attached hydrogens (tertiary/aromatic N) is 1. The quantitative estimate of drug-likeness (QED) is 0.730. The lowest BCUT2D eigenvalue weighted by atomic mass is 10.0. The lowest BCUT2D eigenvalue weighted by Crippen LogP contribution is -2.45. The van der Waals surface area contributed by atoms with Crippen LogP contribution >= 0.6 is 0 Å². The van der Waals surface area contributed by atoms with Crippen LogP contribution < -0.4 is 5.32 Å². The van der Waals surface area contributed by atoms with Crippen LogP contribution in [0, 0.1) is 18.3 Å². The van der Waals surface area contributed by atoms with Gasteiger partial charge >= 0.3 is 0 Å². The Bertz CT molecular complexity index is 248. The second-order valence-electron chi connectivity index (χ2n) is 5.54. The highest BCUT2D eigenvalue weighted by Crippen LogP contribution is 2.25. The highest BCUT2D eigenvalue weighted by Gasteiger charge is 2.25. The number of hydrogen-bond acceptors (Lipinski definition) is 2. The summed E-state index contributed by atoms with van der Waals surface area (Å²) in [7, 11) is 0. The summed E-state index contributed by atoms with van der Waals surface area (Å²) in [5, 5.41) is 3.83. The van der Waals surface area contributed by atoms with Gasteiger partial charge in [-0.25, -0.2) is 0 Å². The first-order valence-corrected chi connectivity index (χ1v) is 6.70. The van der Waals surface area contributed by atoms with Crippen molar-refractivity contribution < 1.29 is 0 Å². The highest BCUT2D eigenvalue weighted by atomic mass is 15.1. The summed E-state index contributed by atoms with van der Waals surface area (Å²) in [6.45, 7) is 5.54. The normalized spacial score (nSPS) is 32.8. The summed E-state index contributed by atoms with van der Waals surface area (Å²) in [6, 6.07) is 1.53. The lowest BCUT2D eigenvalue weighted by molar-refractivity contribution is 0.209. The zero-order valence-electron chi connectivity index (χ0n) is 10.4. The van der Waals surface area contributed by atoms with E-state index >= 15 is 0 Å². The Morgan fingerprint density at radius 2 is 1.94 bits per heavy atom. The molecule has 0 amide bonds. The maximum absolute atomic E-state index is 5.33. The third-order valence-electron chi connectivity index (χ3n) is 4.07. The molecule has 1 saturated carbocycles. The number of piperidine rings is 1. The average Bonchev–Trinajstić information content (AvgIpc) is 2.67. The summed E-state index contributed by atoms with van der Waals surface area (Å²) in [4.78, 5) is 2.38. The molecule has 2 fully saturated rings. The predicted molar refractivity (Wildman–Crippen MR) is 68.2 cm³/mol. The number of terminal acetylenes is 1. The molecule has 2 nitrogen and oxygen atoms in total. The minimum atomic E-state index is 0.740. The molecule has 2 unspecified atom stereocenters. The van der Waals surface area contributed by atoms with E-state index in [0.717, 1.165) is 24.5 Å². The number of hydrogen-bond donors (Lipinski definition) is 1. The molecule has 1 saturated heterocycles. The van der Waals surface area contributed by atoms with Gasteiger partial charge in [0.25, 0.3) is 0 Å². The molecule has 1 N–H and O–H groups in total. The van der Waals surface area contributed by atoms with Crippen LogP contribution in [0.3, 0.4) is 0 Å². The molecule has 2 aliphatic rings. The van der Waals surface area contributed by atoms with Crippen molar-refractivity contribution in [2.24, 2.45) is 5.92 Å². The molecule has 2 heteroatoms. The van der Waals surface area contributed by atoms with E-state index in [4.69, 9.17) is 6.42 Å². The van der Waals surface area contributed by atoms with Gasteiger partial charge in [-0.15, -0.1) is 6.42 Å². The standard InChI is InChI=1S/C14H24N2/c1-3-8-16-9-6-13(7-10-16)15-14-5-4-12(2)11-14/h1,12-15H,4-11H2,2H3. The molecule has 1 heterocycles. The first-order valence-electron chi connectivity index (χ1n) is 6.70. The fourth-order valence-corrected chi connectivity index (χ4v) is 3.08. The van der Waals surface area contributed by atoms with Crippen LogP contribution in [0.5, 0.6) is 0 Å². The second-order valence-corrected chi connectivity index (χ2v) is 5.54. The Morgan fingerprint density at radius 1 is 1.19 bits per heavy atom. The zero-order chi connectivity index (χ0) is 11.4. The van der Waals surface area contributed by atoms with Gasteiger partial charge in [-0.1, -0.05) is 12.8 Å². The van der Waals surface area contributed by atoms with E-state index in [1.165, 1.54) is 45.2 Å². The van der Waals surface area contributed by atoms with Crippen molar-refractivity contribution in [2.75, 3.05) is 19.6 Å². The molecule has 0 spiro atoms. The lowest BCUT2D eigenvalue weighted by Gasteiger charge is -2.32. The number of nitrogens with one attached hydrogen (secondary N) is 1. The predicted octanol–water partition coefficient (Wildman–Crippen LogP) is 1.86. The smallest absolute Gasteiger partial charge is 0.0598 e. The summed E-state index contributed by atoms with van der Waals surface area (Å²) in [5.74, 6) is 3.67. The van der Waals surface area contributed by atoms with Crippen LogP contribution in [0.25, 0.3) is 0 Å². The maximum Gasteiger partial charge on any atom is 0.0598 e. The van der Waals surface area contributed by atoms with Gasteiger partial charge in [0.2, 0.25) is 0 Å². The topological polar surface area (TPSA) is 15.3 Å². The largest absolute Gasteiger partial charge is 0.311 e. The van der Waals surface area contributed by atoms with Gasteiger partial charge in [0.05, 0.1) is 6.54 Å². The van der Waals surface area contributed by atoms with E-state index in [0.29, 0.717) is 0 Å². The second kappa shape index (κ2) is 5.70. The average molecular weight is 220 g/mol. The summed E-state index contributed by atoms with van der Waals surface area (Å²) >= 11 is 0. The van der Waals surface area contributed by atoms with E-state index < -0.39 is 0 Å². The van der Waals surface area contributed by atoms with E-state index in [1.54, 1.807) is 0 Å². The van der Waals surface area contributed by atoms with Crippen LogP contribution in [-0.2, 0) is 0 Å². The molecule has 1 aliphatic carbocycles. The molecule has 90 valence electrons. The third-order valence-corrected chi connectivity index (χ3v) is 4.07. The van der Waals surface area contributed by atoms with E-state index in [1.807, 2.05) is 0 Å². The molecule has 0 aromatic carbocycles. The van der Waals surface area contributed by atoms with Crippen LogP contribution in [0.1, 0.15) is 39.0 Å². The Balaban J connectivity index is 1.67. The Morgan fingerprint density at radius 3 is 2.50 bits per heavy atom. The van der Waals surface area contributed by atoms with Crippen molar-refractivity contribution >= 4 is 0 Å². The molecule has 0 bridgehead atoms. The van der Waals surface area contributed by atoms with Crippen molar-refractivity contribution in [3.05, 3.63) is 0 Å². The van der Waals surface area contributed by atoms with Crippen molar-refractivity contribution in [3.63, 3.8) is 0 Å². The van der Waals surface area contributed by atoms with Gasteiger partial charge in [0.15, 0.2) is 0 Å². The number of likely N-dealkylation sites (tertiary alicyclic amines) is 1. The van der Waals surface area contributed by atoms with Gasteiger partial charge in [-0.3, -0.25) is 4.90 Å². The number of rotatable bonds is 3. The van der Waals surface area contributed by atoms with Crippen LogP contribution in [0.15, 0.2) is 0 Å². The minimum absolute atomic E-state index is 0.740. The molecular weight excluding hydrogens is 196 g/mol.